The zero-order valence-electron chi connectivity index (χ0n) is 16.0. The van der Waals surface area contributed by atoms with Crippen LogP contribution in [0.4, 0.5) is 70.2 Å². The Balaban J connectivity index is 4.20. The number of hydrogen-bond acceptors (Lipinski definition) is 4. The smallest absolute Gasteiger partial charge is 0.435 e. The molecule has 1 N–H and O–H groups in total. The summed E-state index contributed by atoms with van der Waals surface area (Å²) in [5, 5.41) is 9.09. The van der Waals surface area contributed by atoms with Gasteiger partial charge in [-0.05, 0) is 13.3 Å². The van der Waals surface area contributed by atoms with E-state index in [1.807, 2.05) is 0 Å². The molecule has 0 bridgehead atoms. The van der Waals surface area contributed by atoms with Gasteiger partial charge in [-0.2, -0.15) is 70.2 Å². The van der Waals surface area contributed by atoms with E-state index in [0.29, 0.717) is 6.92 Å². The monoisotopic (exact) mass is 546 g/mol. The van der Waals surface area contributed by atoms with E-state index < -0.39 is 78.8 Å². The van der Waals surface area contributed by atoms with Gasteiger partial charge in [-0.3, -0.25) is 4.79 Å². The van der Waals surface area contributed by atoms with E-state index in [1.165, 1.54) is 0 Å². The predicted molar refractivity (Wildman–Crippen MR) is 71.2 cm³/mol. The van der Waals surface area contributed by atoms with Crippen LogP contribution in [0.1, 0.15) is 20.3 Å². The molecule has 0 aliphatic carbocycles. The van der Waals surface area contributed by atoms with E-state index >= 15 is 0 Å². The summed E-state index contributed by atoms with van der Waals surface area (Å²) in [5.74, 6) is -26.1. The maximum absolute atomic E-state index is 14.6. The Labute approximate surface area is 176 Å². The second-order valence-electron chi connectivity index (χ2n) is 7.13. The second-order valence-corrected chi connectivity index (χ2v) is 7.13. The van der Waals surface area contributed by atoms with Crippen LogP contribution in [0.25, 0.3) is 0 Å². The number of alkyl halides is 16. The average molecular weight is 546 g/mol. The van der Waals surface area contributed by atoms with Crippen molar-refractivity contribution < 1.29 is 89.6 Å². The highest BCUT2D eigenvalue weighted by molar-refractivity contribution is 5.78. The van der Waals surface area contributed by atoms with Crippen molar-refractivity contribution in [2.24, 2.45) is 5.41 Å². The fourth-order valence-corrected chi connectivity index (χ4v) is 2.74. The van der Waals surface area contributed by atoms with Gasteiger partial charge < -0.3 is 14.6 Å². The molecule has 1 aliphatic heterocycles. The summed E-state index contributed by atoms with van der Waals surface area (Å²) in [5.41, 5.74) is -12.1. The van der Waals surface area contributed by atoms with Crippen molar-refractivity contribution in [2.75, 3.05) is 0 Å². The molecule has 0 aromatic heterocycles. The highest BCUT2D eigenvalue weighted by Gasteiger charge is 2.99. The van der Waals surface area contributed by atoms with Gasteiger partial charge in [-0.1, -0.05) is 6.92 Å². The summed E-state index contributed by atoms with van der Waals surface area (Å²) in [6, 6.07) is 0. The SMILES string of the molecule is CCC(C)(C(=O)OC1(C(F)(F)F)C(F)(F)C(C(F)(F)F)OC(O)(C(F)(F)F)C1(F)F)C(F)(F)F. The molecule has 1 fully saturated rings. The zero-order valence-corrected chi connectivity index (χ0v) is 16.0. The number of aliphatic hydroxyl groups is 1. The summed E-state index contributed by atoms with van der Waals surface area (Å²) < 4.78 is 221. The largest absolute Gasteiger partial charge is 0.449 e. The molecule has 1 aliphatic rings. The summed E-state index contributed by atoms with van der Waals surface area (Å²) in [6.45, 7) is -0.0912. The fraction of sp³-hybridized carbons (Fsp3) is 0.929. The lowest BCUT2D eigenvalue weighted by Gasteiger charge is -2.56. The molecule has 4 atom stereocenters. The van der Waals surface area contributed by atoms with E-state index in [9.17, 15) is 75.0 Å². The Morgan fingerprint density at radius 2 is 1.29 bits per heavy atom. The lowest BCUT2D eigenvalue weighted by molar-refractivity contribution is -0.556. The molecule has 0 amide bonds. The molecule has 4 nitrogen and oxygen atoms in total. The van der Waals surface area contributed by atoms with Gasteiger partial charge in [0, 0.05) is 0 Å². The molecule has 20 heteroatoms. The van der Waals surface area contributed by atoms with Crippen molar-refractivity contribution in [2.45, 2.75) is 74.3 Å². The van der Waals surface area contributed by atoms with Crippen LogP contribution < -0.4 is 0 Å². The molecule has 0 aromatic carbocycles. The Bertz CT molecular complexity index is 795. The third-order valence-corrected chi connectivity index (χ3v) is 5.06. The van der Waals surface area contributed by atoms with Crippen LogP contribution in [0.2, 0.25) is 0 Å². The molecule has 202 valence electrons. The standard InChI is InChI=1S/C14H10F16O4/c1-3-6(2,12(22,23)24)5(31)34-9(13(25,26)27)7(15,16)4(8(17,18)19)33-11(32,10(9,20)21)14(28,29)30/h4,32H,3H2,1-2H3. The van der Waals surface area contributed by atoms with E-state index in [1.54, 1.807) is 0 Å². The Kier molecular flexibility index (Phi) is 6.80. The number of carbonyl (C=O) groups excluding carboxylic acids is 1. The molecule has 0 aromatic rings. The summed E-state index contributed by atoms with van der Waals surface area (Å²) >= 11 is 0. The van der Waals surface area contributed by atoms with Crippen LogP contribution in [0, 0.1) is 5.41 Å². The Hall–Kier alpha value is -1.73. The number of rotatable bonds is 3. The lowest BCUT2D eigenvalue weighted by Crippen LogP contribution is -2.87. The maximum Gasteiger partial charge on any atom is 0.449 e. The number of ether oxygens (including phenoxy) is 2. The minimum atomic E-state index is -7.87. The van der Waals surface area contributed by atoms with E-state index in [4.69, 9.17) is 5.11 Å². The van der Waals surface area contributed by atoms with Gasteiger partial charge >= 0.3 is 53.9 Å². The first kappa shape index (κ1) is 30.3. The van der Waals surface area contributed by atoms with Crippen LogP contribution in [-0.4, -0.2) is 65.1 Å². The van der Waals surface area contributed by atoms with Gasteiger partial charge in [0.25, 0.3) is 0 Å². The molecule has 0 radical (unpaired) electrons. The van der Waals surface area contributed by atoms with Crippen molar-refractivity contribution in [3.8, 4) is 0 Å². The molecule has 0 saturated carbocycles. The predicted octanol–water partition coefficient (Wildman–Crippen LogP) is 5.29. The second kappa shape index (κ2) is 7.63. The van der Waals surface area contributed by atoms with Crippen molar-refractivity contribution in [3.05, 3.63) is 0 Å². The number of carbonyl (C=O) groups is 1. The molecule has 0 spiro atoms. The topological polar surface area (TPSA) is 55.8 Å². The van der Waals surface area contributed by atoms with Gasteiger partial charge in [0.1, 0.15) is 0 Å². The third kappa shape index (κ3) is 3.74. The number of esters is 1. The van der Waals surface area contributed by atoms with Crippen LogP contribution in [0.3, 0.4) is 0 Å². The molecule has 1 saturated heterocycles. The molecule has 4 unspecified atom stereocenters. The maximum atomic E-state index is 14.6. The Morgan fingerprint density at radius 1 is 0.882 bits per heavy atom. The lowest BCUT2D eigenvalue weighted by atomic mass is 9.75. The van der Waals surface area contributed by atoms with Crippen molar-refractivity contribution >= 4 is 5.97 Å². The highest BCUT2D eigenvalue weighted by Crippen LogP contribution is 2.67. The van der Waals surface area contributed by atoms with Crippen molar-refractivity contribution in [1.82, 2.24) is 0 Å². The van der Waals surface area contributed by atoms with Gasteiger partial charge in [-0.15, -0.1) is 0 Å². The summed E-state index contributed by atoms with van der Waals surface area (Å²) in [6.07, 6.45) is -36.2. The molecule has 34 heavy (non-hydrogen) atoms. The highest BCUT2D eigenvalue weighted by atomic mass is 19.4. The van der Waals surface area contributed by atoms with Gasteiger partial charge in [-0.25, -0.2) is 0 Å². The number of halogens is 16. The van der Waals surface area contributed by atoms with Gasteiger partial charge in [0.05, 0.1) is 0 Å². The van der Waals surface area contributed by atoms with E-state index in [0.717, 1.165) is 0 Å². The molecular formula is C14H10F16O4. The van der Waals surface area contributed by atoms with Crippen molar-refractivity contribution in [1.29, 1.82) is 0 Å². The minimum absolute atomic E-state index is 0.319. The molecule has 1 heterocycles. The van der Waals surface area contributed by atoms with E-state index in [2.05, 4.69) is 9.47 Å². The van der Waals surface area contributed by atoms with Crippen LogP contribution >= 0.6 is 0 Å². The third-order valence-electron chi connectivity index (χ3n) is 5.06. The fourth-order valence-electron chi connectivity index (χ4n) is 2.74. The van der Waals surface area contributed by atoms with Crippen LogP contribution in [0.5, 0.6) is 0 Å². The van der Waals surface area contributed by atoms with Crippen molar-refractivity contribution in [3.63, 3.8) is 0 Å². The summed E-state index contributed by atoms with van der Waals surface area (Å²) in [4.78, 5) is 11.9. The van der Waals surface area contributed by atoms with Gasteiger partial charge in [0.2, 0.25) is 6.10 Å². The van der Waals surface area contributed by atoms with Crippen LogP contribution in [-0.2, 0) is 14.3 Å². The molecular weight excluding hydrogens is 536 g/mol. The number of hydrogen-bond donors (Lipinski definition) is 1. The molecule has 1 rings (SSSR count). The van der Waals surface area contributed by atoms with Gasteiger partial charge in [0.15, 0.2) is 5.41 Å². The summed E-state index contributed by atoms with van der Waals surface area (Å²) in [7, 11) is 0. The first-order chi connectivity index (χ1) is 14.5. The minimum Gasteiger partial charge on any atom is -0.435 e. The first-order valence-corrected chi connectivity index (χ1v) is 8.19. The van der Waals surface area contributed by atoms with Crippen LogP contribution in [0.15, 0.2) is 0 Å². The van der Waals surface area contributed by atoms with E-state index in [-0.39, 0.29) is 0 Å². The quantitative estimate of drug-likeness (QED) is 0.386. The average Bonchev–Trinajstić information content (AvgIpc) is 2.56. The zero-order chi connectivity index (χ0) is 27.8. The Morgan fingerprint density at radius 3 is 1.56 bits per heavy atom. The normalized spacial score (nSPS) is 32.1. The first-order valence-electron chi connectivity index (χ1n) is 8.19.